The van der Waals surface area contributed by atoms with Gasteiger partial charge in [0.05, 0.1) is 41.2 Å². The second-order valence-electron chi connectivity index (χ2n) is 8.60. The number of allylic oxidation sites excluding steroid dienone is 1. The van der Waals surface area contributed by atoms with Gasteiger partial charge in [0, 0.05) is 5.57 Å². The van der Waals surface area contributed by atoms with E-state index in [4.69, 9.17) is 23.7 Å². The number of carboxylic acid groups (broad SMARTS) is 1. The number of carboxylic acids is 1. The summed E-state index contributed by atoms with van der Waals surface area (Å²) in [4.78, 5) is 11.6. The molecule has 1 heterocycles. The molecule has 1 N–H and O–H groups in total. The molecule has 3 rings (SSSR count). The summed E-state index contributed by atoms with van der Waals surface area (Å²) in [6.45, 7) is 4.11. The van der Waals surface area contributed by atoms with E-state index in [1.807, 2.05) is 43.3 Å². The molecule has 7 nitrogen and oxygen atoms in total. The van der Waals surface area contributed by atoms with Crippen molar-refractivity contribution in [2.75, 3.05) is 35.0 Å². The molecule has 0 radical (unpaired) electrons. The van der Waals surface area contributed by atoms with E-state index in [0.29, 0.717) is 41.6 Å². The Morgan fingerprint density at radius 2 is 1.50 bits per heavy atom. The van der Waals surface area contributed by atoms with Crippen molar-refractivity contribution in [1.82, 2.24) is 0 Å². The molecule has 3 atom stereocenters. The lowest BCUT2D eigenvalue weighted by atomic mass is 9.79. The van der Waals surface area contributed by atoms with Crippen LogP contribution in [0.15, 0.2) is 47.5 Å². The first-order chi connectivity index (χ1) is 16.3. The average Bonchev–Trinajstić information content (AvgIpc) is 3.24. The number of benzene rings is 2. The minimum Gasteiger partial charge on any atom is -0.493 e. The van der Waals surface area contributed by atoms with Gasteiger partial charge in [-0.1, -0.05) is 17.7 Å². The Bertz CT molecular complexity index is 1040. The predicted molar refractivity (Wildman–Crippen MR) is 129 cm³/mol. The van der Waals surface area contributed by atoms with Gasteiger partial charge >= 0.3 is 5.97 Å². The highest BCUT2D eigenvalue weighted by Gasteiger charge is 2.39. The minimum absolute atomic E-state index is 0.0838. The van der Waals surface area contributed by atoms with Crippen molar-refractivity contribution in [2.45, 2.75) is 32.8 Å². The maximum Gasteiger partial charge on any atom is 0.331 e. The SMILES string of the molecule is COc1ccc(C[C@H]2CO[C@H](c3ccc(OC)c(OC)c3)[C@@H]2CC(C)=C(C)C(=O)O)cc1OC. The number of methoxy groups -OCH3 is 4. The van der Waals surface area contributed by atoms with Crippen molar-refractivity contribution in [3.8, 4) is 23.0 Å². The van der Waals surface area contributed by atoms with Gasteiger partial charge < -0.3 is 28.8 Å². The van der Waals surface area contributed by atoms with Crippen LogP contribution in [0.5, 0.6) is 23.0 Å². The van der Waals surface area contributed by atoms with Gasteiger partial charge in [-0.05, 0) is 73.9 Å². The van der Waals surface area contributed by atoms with E-state index in [0.717, 1.165) is 23.1 Å². The molecular weight excluding hydrogens is 436 g/mol. The highest BCUT2D eigenvalue weighted by molar-refractivity contribution is 5.86. The van der Waals surface area contributed by atoms with Crippen molar-refractivity contribution in [1.29, 1.82) is 0 Å². The van der Waals surface area contributed by atoms with E-state index < -0.39 is 5.97 Å². The second-order valence-corrected chi connectivity index (χ2v) is 8.60. The lowest BCUT2D eigenvalue weighted by molar-refractivity contribution is -0.132. The first-order valence-electron chi connectivity index (χ1n) is 11.3. The van der Waals surface area contributed by atoms with Crippen molar-refractivity contribution in [3.05, 3.63) is 58.7 Å². The first-order valence-corrected chi connectivity index (χ1v) is 11.3. The van der Waals surface area contributed by atoms with Gasteiger partial charge in [0.25, 0.3) is 0 Å². The zero-order valence-corrected chi connectivity index (χ0v) is 20.7. The Morgan fingerprint density at radius 1 is 0.912 bits per heavy atom. The van der Waals surface area contributed by atoms with Crippen LogP contribution in [-0.4, -0.2) is 46.1 Å². The second kappa shape index (κ2) is 11.3. The third kappa shape index (κ3) is 5.47. The summed E-state index contributed by atoms with van der Waals surface area (Å²) in [5, 5.41) is 9.50. The molecule has 0 amide bonds. The topological polar surface area (TPSA) is 83.5 Å². The van der Waals surface area contributed by atoms with E-state index in [1.54, 1.807) is 35.4 Å². The summed E-state index contributed by atoms with van der Waals surface area (Å²) in [6, 6.07) is 11.7. The van der Waals surface area contributed by atoms with E-state index in [1.165, 1.54) is 0 Å². The Kier molecular flexibility index (Phi) is 8.45. The van der Waals surface area contributed by atoms with Gasteiger partial charge in [-0.3, -0.25) is 0 Å². The summed E-state index contributed by atoms with van der Waals surface area (Å²) in [6.07, 6.45) is 1.20. The molecule has 0 saturated carbocycles. The molecule has 7 heteroatoms. The van der Waals surface area contributed by atoms with Gasteiger partial charge in [-0.25, -0.2) is 4.79 Å². The zero-order valence-electron chi connectivity index (χ0n) is 20.7. The molecule has 1 aliphatic heterocycles. The van der Waals surface area contributed by atoms with Crippen LogP contribution in [0.1, 0.15) is 37.5 Å². The molecule has 0 spiro atoms. The third-order valence-corrected chi connectivity index (χ3v) is 6.67. The molecule has 184 valence electrons. The van der Waals surface area contributed by atoms with Crippen LogP contribution in [0.2, 0.25) is 0 Å². The number of hydrogen-bond acceptors (Lipinski definition) is 6. The molecule has 2 aromatic carbocycles. The zero-order chi connectivity index (χ0) is 24.8. The quantitative estimate of drug-likeness (QED) is 0.485. The monoisotopic (exact) mass is 470 g/mol. The number of hydrogen-bond donors (Lipinski definition) is 1. The Balaban J connectivity index is 1.95. The number of ether oxygens (including phenoxy) is 5. The van der Waals surface area contributed by atoms with Crippen molar-refractivity contribution in [2.24, 2.45) is 11.8 Å². The molecule has 1 aliphatic rings. The molecule has 34 heavy (non-hydrogen) atoms. The van der Waals surface area contributed by atoms with Gasteiger partial charge in [0.15, 0.2) is 23.0 Å². The number of rotatable bonds is 10. The van der Waals surface area contributed by atoms with Gasteiger partial charge in [0.1, 0.15) is 0 Å². The van der Waals surface area contributed by atoms with Gasteiger partial charge in [0.2, 0.25) is 0 Å². The smallest absolute Gasteiger partial charge is 0.331 e. The van der Waals surface area contributed by atoms with Gasteiger partial charge in [-0.15, -0.1) is 0 Å². The van der Waals surface area contributed by atoms with Gasteiger partial charge in [-0.2, -0.15) is 0 Å². The summed E-state index contributed by atoms with van der Waals surface area (Å²) < 4.78 is 28.1. The highest BCUT2D eigenvalue weighted by Crippen LogP contribution is 2.45. The lowest BCUT2D eigenvalue weighted by Crippen LogP contribution is -2.19. The third-order valence-electron chi connectivity index (χ3n) is 6.67. The molecule has 1 saturated heterocycles. The van der Waals surface area contributed by atoms with Crippen LogP contribution in [0.3, 0.4) is 0 Å². The predicted octanol–water partition coefficient (Wildman–Crippen LogP) is 5.08. The number of aliphatic carboxylic acids is 1. The average molecular weight is 471 g/mol. The largest absolute Gasteiger partial charge is 0.493 e. The van der Waals surface area contributed by atoms with E-state index in [-0.39, 0.29) is 17.9 Å². The van der Waals surface area contributed by atoms with Crippen LogP contribution in [0.25, 0.3) is 0 Å². The molecule has 0 unspecified atom stereocenters. The highest BCUT2D eigenvalue weighted by atomic mass is 16.5. The standard InChI is InChI=1S/C27H34O7/c1-16(17(2)27(28)29)11-21-20(12-18-7-9-22(30-3)24(13-18)32-5)15-34-26(21)19-8-10-23(31-4)25(14-19)33-6/h7-10,13-14,20-21,26H,11-12,15H2,1-6H3,(H,28,29)/t20-,21+,26+/m0/s1. The van der Waals surface area contributed by atoms with E-state index in [2.05, 4.69) is 0 Å². The first kappa shape index (κ1) is 25.4. The van der Waals surface area contributed by atoms with Crippen molar-refractivity contribution >= 4 is 5.97 Å². The van der Waals surface area contributed by atoms with E-state index in [9.17, 15) is 9.90 Å². The Labute approximate surface area is 201 Å². The summed E-state index contributed by atoms with van der Waals surface area (Å²) >= 11 is 0. The maximum absolute atomic E-state index is 11.6. The van der Waals surface area contributed by atoms with Crippen molar-refractivity contribution in [3.63, 3.8) is 0 Å². The number of carbonyl (C=O) groups is 1. The molecule has 0 bridgehead atoms. The summed E-state index contributed by atoms with van der Waals surface area (Å²) in [5.74, 6) is 2.04. The van der Waals surface area contributed by atoms with Crippen molar-refractivity contribution < 1.29 is 33.6 Å². The summed E-state index contributed by atoms with van der Waals surface area (Å²) in [5.41, 5.74) is 3.33. The fraction of sp³-hybridized carbons (Fsp3) is 0.444. The van der Waals surface area contributed by atoms with Crippen LogP contribution >= 0.6 is 0 Å². The maximum atomic E-state index is 11.6. The van der Waals surface area contributed by atoms with E-state index >= 15 is 0 Å². The molecule has 2 aromatic rings. The summed E-state index contributed by atoms with van der Waals surface area (Å²) in [7, 11) is 6.46. The molecule has 0 aliphatic carbocycles. The van der Waals surface area contributed by atoms with Crippen LogP contribution in [0, 0.1) is 11.8 Å². The normalized spacial score (nSPS) is 20.5. The fourth-order valence-electron chi connectivity index (χ4n) is 4.58. The molecular formula is C27H34O7. The molecule has 1 fully saturated rings. The van der Waals surface area contributed by atoms with Crippen LogP contribution in [-0.2, 0) is 16.0 Å². The Hall–Kier alpha value is -3.19. The lowest BCUT2D eigenvalue weighted by Gasteiger charge is -2.25. The molecule has 0 aromatic heterocycles. The Morgan fingerprint density at radius 3 is 2.09 bits per heavy atom. The van der Waals surface area contributed by atoms with Crippen LogP contribution < -0.4 is 18.9 Å². The fourth-order valence-corrected chi connectivity index (χ4v) is 4.58. The minimum atomic E-state index is -0.893. The van der Waals surface area contributed by atoms with Crippen LogP contribution in [0.4, 0.5) is 0 Å².